The summed E-state index contributed by atoms with van der Waals surface area (Å²) in [4.78, 5) is 81.3. The second kappa shape index (κ2) is 12.8. The number of hydrogen-bond donors (Lipinski definition) is 9. The van der Waals surface area contributed by atoms with Crippen molar-refractivity contribution in [3.8, 4) is 0 Å². The molecule has 16 heteroatoms. The van der Waals surface area contributed by atoms with Crippen molar-refractivity contribution in [2.45, 2.75) is 56.5 Å². The minimum Gasteiger partial charge on any atom is -0.481 e. The third kappa shape index (κ3) is 10.3. The van der Waals surface area contributed by atoms with Gasteiger partial charge in [0.05, 0.1) is 25.4 Å². The van der Waals surface area contributed by atoms with Crippen LogP contribution in [0.3, 0.4) is 0 Å². The molecule has 0 aliphatic carbocycles. The Balaban J connectivity index is 5.58. The van der Waals surface area contributed by atoms with E-state index in [2.05, 4.69) is 0 Å². The number of aliphatic hydroxyl groups is 1. The van der Waals surface area contributed by atoms with E-state index < -0.39 is 91.0 Å². The normalized spacial score (nSPS) is 15.2. The Morgan fingerprint density at radius 3 is 1.47 bits per heavy atom. The lowest BCUT2D eigenvalue weighted by molar-refractivity contribution is -0.145. The second-order valence-corrected chi connectivity index (χ2v) is 6.73. The number of amides is 5. The van der Waals surface area contributed by atoms with Crippen molar-refractivity contribution in [1.29, 1.82) is 0 Å². The van der Waals surface area contributed by atoms with Crippen LogP contribution in [-0.4, -0.2) is 87.1 Å². The van der Waals surface area contributed by atoms with Crippen molar-refractivity contribution in [3.05, 3.63) is 0 Å². The Morgan fingerprint density at radius 1 is 0.719 bits per heavy atom. The second-order valence-electron chi connectivity index (χ2n) is 6.73. The first-order valence-corrected chi connectivity index (χ1v) is 9.01. The zero-order chi connectivity index (χ0) is 25.2. The molecule has 0 aliphatic rings. The predicted molar refractivity (Wildman–Crippen MR) is 103 cm³/mol. The Kier molecular flexibility index (Phi) is 11.3. The van der Waals surface area contributed by atoms with E-state index in [-0.39, 0.29) is 0 Å². The Morgan fingerprint density at radius 2 is 1.09 bits per heavy atom. The first-order chi connectivity index (χ1) is 14.6. The molecular formula is C16H26N6O10. The summed E-state index contributed by atoms with van der Waals surface area (Å²) in [5, 5.41) is 33.2. The van der Waals surface area contributed by atoms with E-state index in [1.54, 1.807) is 0 Å². The molecule has 0 aromatic carbocycles. The molecule has 0 aromatic heterocycles. The van der Waals surface area contributed by atoms with Crippen LogP contribution in [0, 0.1) is 0 Å². The highest BCUT2D eigenvalue weighted by molar-refractivity contribution is 5.97. The summed E-state index contributed by atoms with van der Waals surface area (Å²) in [6.07, 6.45) is -3.93. The SMILES string of the molecule is CC(O)C(N)C(=O)NC(CC(N)=O)C(=O)NC(CC(=O)O)C(=O)NC(CC(N)=O)C(=O)O. The average Bonchev–Trinajstić information content (AvgIpc) is 2.64. The predicted octanol–water partition coefficient (Wildman–Crippen LogP) is -5.54. The molecule has 5 amide bonds. The number of carbonyl (C=O) groups is 7. The molecule has 0 aromatic rings. The van der Waals surface area contributed by atoms with Crippen LogP contribution in [0.2, 0.25) is 0 Å². The van der Waals surface area contributed by atoms with Gasteiger partial charge in [0.1, 0.15) is 24.2 Å². The highest BCUT2D eigenvalue weighted by Gasteiger charge is 2.33. The number of aliphatic carboxylic acids is 2. The lowest BCUT2D eigenvalue weighted by atomic mass is 10.1. The van der Waals surface area contributed by atoms with Crippen LogP contribution in [0.5, 0.6) is 0 Å². The minimum absolute atomic E-state index is 0.773. The Labute approximate surface area is 180 Å². The molecule has 0 saturated heterocycles. The van der Waals surface area contributed by atoms with Crippen molar-refractivity contribution < 1.29 is 48.9 Å². The first kappa shape index (κ1) is 28.2. The largest absolute Gasteiger partial charge is 0.481 e. The van der Waals surface area contributed by atoms with Gasteiger partial charge in [-0.25, -0.2) is 4.79 Å². The summed E-state index contributed by atoms with van der Waals surface area (Å²) in [5.74, 6) is -8.91. The first-order valence-electron chi connectivity index (χ1n) is 9.01. The monoisotopic (exact) mass is 462 g/mol. The van der Waals surface area contributed by atoms with Gasteiger partial charge < -0.3 is 48.5 Å². The van der Waals surface area contributed by atoms with Crippen LogP contribution in [0.4, 0.5) is 0 Å². The molecule has 0 saturated carbocycles. The van der Waals surface area contributed by atoms with Gasteiger partial charge in [0.2, 0.25) is 29.5 Å². The van der Waals surface area contributed by atoms with E-state index in [9.17, 15) is 38.7 Å². The van der Waals surface area contributed by atoms with E-state index in [0.29, 0.717) is 0 Å². The molecule has 5 unspecified atom stereocenters. The van der Waals surface area contributed by atoms with Gasteiger partial charge in [-0.1, -0.05) is 0 Å². The van der Waals surface area contributed by atoms with Crippen LogP contribution >= 0.6 is 0 Å². The summed E-state index contributed by atoms with van der Waals surface area (Å²) in [6.45, 7) is 1.19. The molecule has 0 aliphatic heterocycles. The molecule has 0 spiro atoms. The number of aliphatic hydroxyl groups excluding tert-OH is 1. The van der Waals surface area contributed by atoms with Crippen molar-refractivity contribution in [2.75, 3.05) is 0 Å². The van der Waals surface area contributed by atoms with Crippen LogP contribution in [0.15, 0.2) is 0 Å². The van der Waals surface area contributed by atoms with E-state index in [1.165, 1.54) is 6.92 Å². The van der Waals surface area contributed by atoms with E-state index in [0.717, 1.165) is 0 Å². The van der Waals surface area contributed by atoms with Gasteiger partial charge in [-0.05, 0) is 6.92 Å². The molecule has 0 fully saturated rings. The number of rotatable bonds is 14. The maximum absolute atomic E-state index is 12.5. The van der Waals surface area contributed by atoms with Crippen molar-refractivity contribution in [2.24, 2.45) is 17.2 Å². The lowest BCUT2D eigenvalue weighted by Crippen LogP contribution is -2.59. The number of carboxylic acid groups (broad SMARTS) is 2. The maximum Gasteiger partial charge on any atom is 0.326 e. The average molecular weight is 462 g/mol. The summed E-state index contributed by atoms with van der Waals surface area (Å²) >= 11 is 0. The highest BCUT2D eigenvalue weighted by atomic mass is 16.4. The number of nitrogens with one attached hydrogen (secondary N) is 3. The Bertz CT molecular complexity index is 770. The van der Waals surface area contributed by atoms with Gasteiger partial charge in [-0.3, -0.25) is 28.8 Å². The fraction of sp³-hybridized carbons (Fsp3) is 0.562. The molecule has 12 N–H and O–H groups in total. The quantitative estimate of drug-likeness (QED) is 0.117. The standard InChI is InChI=1S/C16H26N6O10/c1-5(23)12(19)15(30)21-6(2-9(17)24)13(28)20-7(4-11(26)27)14(29)22-8(16(31)32)3-10(18)25/h5-8,12,23H,2-4,19H2,1H3,(H2,17,24)(H2,18,25)(H,20,28)(H,21,30)(H,22,29)(H,26,27)(H,31,32). The molecule has 0 radical (unpaired) electrons. The van der Waals surface area contributed by atoms with E-state index in [1.807, 2.05) is 16.0 Å². The lowest BCUT2D eigenvalue weighted by Gasteiger charge is -2.24. The molecule has 5 atom stereocenters. The number of primary amides is 2. The number of nitrogens with two attached hydrogens (primary N) is 3. The van der Waals surface area contributed by atoms with E-state index >= 15 is 0 Å². The van der Waals surface area contributed by atoms with Crippen LogP contribution in [-0.2, 0) is 33.6 Å². The third-order valence-corrected chi connectivity index (χ3v) is 3.89. The molecule has 0 heterocycles. The third-order valence-electron chi connectivity index (χ3n) is 3.89. The topological polar surface area (TPSA) is 294 Å². The summed E-state index contributed by atoms with van der Waals surface area (Å²) in [6, 6.07) is -6.86. The van der Waals surface area contributed by atoms with Crippen LogP contribution in [0.25, 0.3) is 0 Å². The summed E-state index contributed by atoms with van der Waals surface area (Å²) in [5.41, 5.74) is 15.4. The molecule has 16 nitrogen and oxygen atoms in total. The number of hydrogen-bond acceptors (Lipinski definition) is 9. The van der Waals surface area contributed by atoms with Gasteiger partial charge in [-0.15, -0.1) is 0 Å². The zero-order valence-electron chi connectivity index (χ0n) is 16.9. The fourth-order valence-electron chi connectivity index (χ4n) is 2.23. The molecule has 0 bridgehead atoms. The molecule has 180 valence electrons. The van der Waals surface area contributed by atoms with Crippen molar-refractivity contribution in [1.82, 2.24) is 16.0 Å². The van der Waals surface area contributed by atoms with Gasteiger partial charge in [0.15, 0.2) is 0 Å². The van der Waals surface area contributed by atoms with Gasteiger partial charge in [0.25, 0.3) is 0 Å². The zero-order valence-corrected chi connectivity index (χ0v) is 16.9. The maximum atomic E-state index is 12.5. The van der Waals surface area contributed by atoms with Crippen molar-refractivity contribution >= 4 is 41.5 Å². The number of carbonyl (C=O) groups excluding carboxylic acids is 5. The molecule has 32 heavy (non-hydrogen) atoms. The van der Waals surface area contributed by atoms with Gasteiger partial charge >= 0.3 is 11.9 Å². The highest BCUT2D eigenvalue weighted by Crippen LogP contribution is 2.02. The van der Waals surface area contributed by atoms with Crippen molar-refractivity contribution in [3.63, 3.8) is 0 Å². The molecule has 0 rings (SSSR count). The summed E-state index contributed by atoms with van der Waals surface area (Å²) in [7, 11) is 0. The van der Waals surface area contributed by atoms with Gasteiger partial charge in [-0.2, -0.15) is 0 Å². The smallest absolute Gasteiger partial charge is 0.326 e. The fourth-order valence-corrected chi connectivity index (χ4v) is 2.23. The minimum atomic E-state index is -1.87. The van der Waals surface area contributed by atoms with E-state index in [4.69, 9.17) is 27.4 Å². The number of carboxylic acids is 2. The van der Waals surface area contributed by atoms with Gasteiger partial charge in [0, 0.05) is 0 Å². The van der Waals surface area contributed by atoms with Crippen LogP contribution in [0.1, 0.15) is 26.2 Å². The summed E-state index contributed by atoms with van der Waals surface area (Å²) < 4.78 is 0. The Hall–Kier alpha value is -3.79. The molecular weight excluding hydrogens is 436 g/mol. The van der Waals surface area contributed by atoms with Crippen LogP contribution < -0.4 is 33.2 Å².